The van der Waals surface area contributed by atoms with Gasteiger partial charge in [-0.3, -0.25) is 9.59 Å². The first-order chi connectivity index (χ1) is 13.6. The number of carbonyl (C=O) groups is 2. The smallest absolute Gasteiger partial charge is 0.222 e. The van der Waals surface area contributed by atoms with Crippen molar-refractivity contribution in [3.8, 4) is 0 Å². The molecule has 1 atom stereocenters. The molecule has 0 spiro atoms. The van der Waals surface area contributed by atoms with Crippen molar-refractivity contribution < 1.29 is 9.59 Å². The molecule has 3 rings (SSSR count). The zero-order valence-electron chi connectivity index (χ0n) is 16.6. The molecule has 1 aliphatic heterocycles. The van der Waals surface area contributed by atoms with Crippen LogP contribution in [0.15, 0.2) is 12.1 Å². The number of carbonyl (C=O) groups excluding carboxylic acids is 2. The van der Waals surface area contributed by atoms with Crippen LogP contribution >= 0.6 is 0 Å². The van der Waals surface area contributed by atoms with Crippen molar-refractivity contribution in [3.63, 3.8) is 0 Å². The maximum Gasteiger partial charge on any atom is 0.222 e. The molecule has 0 aromatic carbocycles. The summed E-state index contributed by atoms with van der Waals surface area (Å²) < 4.78 is 1.68. The van der Waals surface area contributed by atoms with Crippen LogP contribution in [-0.4, -0.2) is 62.2 Å². The fraction of sp³-hybridized carbons (Fsp3) is 0.632. The van der Waals surface area contributed by atoms with Gasteiger partial charge in [0, 0.05) is 44.9 Å². The molecule has 1 aliphatic rings. The van der Waals surface area contributed by atoms with Crippen LogP contribution in [0.2, 0.25) is 0 Å². The Morgan fingerprint density at radius 1 is 1.32 bits per heavy atom. The number of amides is 2. The highest BCUT2D eigenvalue weighted by Crippen LogP contribution is 2.11. The standard InChI is InChI=1S/C19H29N7O2/c1-3-14(2)21-18(27)10-9-17-23-22-16-8-7-15(24-26(16)17)20-11-5-13-25-12-4-6-19(25)28/h7-8,14H,3-6,9-13H2,1-2H3,(H,20,24)(H,21,27)/t14-/m0/s1. The summed E-state index contributed by atoms with van der Waals surface area (Å²) in [4.78, 5) is 25.5. The molecule has 1 saturated heterocycles. The van der Waals surface area contributed by atoms with Crippen LogP contribution in [0.4, 0.5) is 5.82 Å². The van der Waals surface area contributed by atoms with Gasteiger partial charge in [-0.15, -0.1) is 15.3 Å². The van der Waals surface area contributed by atoms with E-state index >= 15 is 0 Å². The topological polar surface area (TPSA) is 105 Å². The lowest BCUT2D eigenvalue weighted by atomic mass is 10.2. The minimum absolute atomic E-state index is 0.0110. The van der Waals surface area contributed by atoms with Crippen molar-refractivity contribution in [3.05, 3.63) is 18.0 Å². The quantitative estimate of drug-likeness (QED) is 0.597. The second kappa shape index (κ2) is 9.48. The average Bonchev–Trinajstić information content (AvgIpc) is 3.29. The summed E-state index contributed by atoms with van der Waals surface area (Å²) in [5.74, 6) is 1.66. The van der Waals surface area contributed by atoms with Gasteiger partial charge < -0.3 is 15.5 Å². The fourth-order valence-corrected chi connectivity index (χ4v) is 3.18. The molecule has 1 fully saturated rings. The van der Waals surface area contributed by atoms with Gasteiger partial charge in [0.2, 0.25) is 11.8 Å². The summed E-state index contributed by atoms with van der Waals surface area (Å²) in [6.45, 7) is 6.41. The number of aryl methyl sites for hydroxylation is 1. The Labute approximate surface area is 164 Å². The number of anilines is 1. The number of nitrogens with one attached hydrogen (secondary N) is 2. The van der Waals surface area contributed by atoms with E-state index < -0.39 is 0 Å². The molecule has 9 nitrogen and oxygen atoms in total. The van der Waals surface area contributed by atoms with E-state index in [2.05, 4.69) is 25.9 Å². The number of fused-ring (bicyclic) bond motifs is 1. The number of hydrogen-bond donors (Lipinski definition) is 2. The van der Waals surface area contributed by atoms with Gasteiger partial charge in [-0.1, -0.05) is 6.92 Å². The molecule has 2 aromatic rings. The van der Waals surface area contributed by atoms with E-state index in [1.54, 1.807) is 4.52 Å². The maximum absolute atomic E-state index is 12.0. The highest BCUT2D eigenvalue weighted by molar-refractivity contribution is 5.78. The normalized spacial score (nSPS) is 15.2. The first-order valence-electron chi connectivity index (χ1n) is 10.1. The van der Waals surface area contributed by atoms with Crippen molar-refractivity contribution in [1.82, 2.24) is 30.0 Å². The molecular weight excluding hydrogens is 358 g/mol. The van der Waals surface area contributed by atoms with Crippen molar-refractivity contribution in [2.75, 3.05) is 25.0 Å². The van der Waals surface area contributed by atoms with Crippen molar-refractivity contribution in [1.29, 1.82) is 0 Å². The molecule has 0 aliphatic carbocycles. The van der Waals surface area contributed by atoms with Crippen LogP contribution in [0.3, 0.4) is 0 Å². The second-order valence-electron chi connectivity index (χ2n) is 7.25. The van der Waals surface area contributed by atoms with Crippen LogP contribution in [-0.2, 0) is 16.0 Å². The van der Waals surface area contributed by atoms with Gasteiger partial charge in [0.15, 0.2) is 11.5 Å². The predicted octanol–water partition coefficient (Wildman–Crippen LogP) is 1.40. The Morgan fingerprint density at radius 2 is 2.18 bits per heavy atom. The lowest BCUT2D eigenvalue weighted by Crippen LogP contribution is -2.32. The Balaban J connectivity index is 1.51. The van der Waals surface area contributed by atoms with E-state index in [0.29, 0.717) is 30.7 Å². The predicted molar refractivity (Wildman–Crippen MR) is 106 cm³/mol. The molecule has 0 saturated carbocycles. The van der Waals surface area contributed by atoms with Crippen LogP contribution in [0.5, 0.6) is 0 Å². The summed E-state index contributed by atoms with van der Waals surface area (Å²) >= 11 is 0. The lowest BCUT2D eigenvalue weighted by molar-refractivity contribution is -0.127. The zero-order valence-corrected chi connectivity index (χ0v) is 16.6. The van der Waals surface area contributed by atoms with E-state index in [4.69, 9.17) is 0 Å². The molecule has 2 amide bonds. The van der Waals surface area contributed by atoms with Crippen LogP contribution in [0.1, 0.15) is 51.8 Å². The van der Waals surface area contributed by atoms with Gasteiger partial charge >= 0.3 is 0 Å². The third kappa shape index (κ3) is 5.17. The molecule has 2 aromatic heterocycles. The SMILES string of the molecule is CC[C@H](C)NC(=O)CCc1nnc2ccc(NCCCN3CCCC3=O)nn12. The summed E-state index contributed by atoms with van der Waals surface area (Å²) in [5.41, 5.74) is 0.658. The Bertz CT molecular complexity index is 820. The zero-order chi connectivity index (χ0) is 19.9. The Morgan fingerprint density at radius 3 is 2.93 bits per heavy atom. The number of hydrogen-bond acceptors (Lipinski definition) is 6. The van der Waals surface area contributed by atoms with Crippen molar-refractivity contribution in [2.24, 2.45) is 0 Å². The van der Waals surface area contributed by atoms with E-state index in [1.165, 1.54) is 0 Å². The summed E-state index contributed by atoms with van der Waals surface area (Å²) in [6.07, 6.45) is 4.26. The lowest BCUT2D eigenvalue weighted by Gasteiger charge is -2.15. The molecule has 0 radical (unpaired) electrons. The highest BCUT2D eigenvalue weighted by Gasteiger charge is 2.19. The largest absolute Gasteiger partial charge is 0.369 e. The van der Waals surface area contributed by atoms with Crippen molar-refractivity contribution in [2.45, 2.75) is 58.4 Å². The Hall–Kier alpha value is -2.71. The van der Waals surface area contributed by atoms with Gasteiger partial charge in [-0.2, -0.15) is 4.52 Å². The molecule has 0 unspecified atom stereocenters. The van der Waals surface area contributed by atoms with E-state index in [1.807, 2.05) is 30.9 Å². The minimum Gasteiger partial charge on any atom is -0.369 e. The van der Waals surface area contributed by atoms with Crippen molar-refractivity contribution >= 4 is 23.3 Å². The fourth-order valence-electron chi connectivity index (χ4n) is 3.18. The van der Waals surface area contributed by atoms with Crippen LogP contribution in [0, 0.1) is 0 Å². The van der Waals surface area contributed by atoms with Gasteiger partial charge in [-0.05, 0) is 38.3 Å². The number of nitrogens with zero attached hydrogens (tertiary/aromatic N) is 5. The Kier molecular flexibility index (Phi) is 6.78. The number of likely N-dealkylation sites (tertiary alicyclic amines) is 1. The van der Waals surface area contributed by atoms with Gasteiger partial charge in [-0.25, -0.2) is 0 Å². The monoisotopic (exact) mass is 387 g/mol. The third-order valence-electron chi connectivity index (χ3n) is 5.01. The molecular formula is C19H29N7O2. The molecule has 3 heterocycles. The van der Waals surface area contributed by atoms with Crippen LogP contribution in [0.25, 0.3) is 5.65 Å². The molecule has 2 N–H and O–H groups in total. The van der Waals surface area contributed by atoms with Crippen LogP contribution < -0.4 is 10.6 Å². The molecule has 152 valence electrons. The van der Waals surface area contributed by atoms with E-state index in [0.717, 1.165) is 44.7 Å². The second-order valence-corrected chi connectivity index (χ2v) is 7.25. The molecule has 9 heteroatoms. The number of aromatic nitrogens is 4. The number of rotatable bonds is 10. The first-order valence-corrected chi connectivity index (χ1v) is 10.1. The molecule has 0 bridgehead atoms. The third-order valence-corrected chi connectivity index (χ3v) is 5.01. The van der Waals surface area contributed by atoms with E-state index in [9.17, 15) is 9.59 Å². The van der Waals surface area contributed by atoms with E-state index in [-0.39, 0.29) is 17.9 Å². The summed E-state index contributed by atoms with van der Waals surface area (Å²) in [5, 5.41) is 19.1. The molecule has 28 heavy (non-hydrogen) atoms. The maximum atomic E-state index is 12.0. The van der Waals surface area contributed by atoms with Gasteiger partial charge in [0.05, 0.1) is 0 Å². The first kappa shape index (κ1) is 20.0. The minimum atomic E-state index is 0.0110. The summed E-state index contributed by atoms with van der Waals surface area (Å²) in [7, 11) is 0. The average molecular weight is 387 g/mol. The van der Waals surface area contributed by atoms with Gasteiger partial charge in [0.25, 0.3) is 0 Å². The van der Waals surface area contributed by atoms with Gasteiger partial charge in [0.1, 0.15) is 5.82 Å². The summed E-state index contributed by atoms with van der Waals surface area (Å²) in [6, 6.07) is 3.90. The highest BCUT2D eigenvalue weighted by atomic mass is 16.2.